The van der Waals surface area contributed by atoms with Gasteiger partial charge in [0.25, 0.3) is 0 Å². The first-order valence-corrected chi connectivity index (χ1v) is 6.00. The number of carboxylic acid groups (broad SMARTS) is 1. The van der Waals surface area contributed by atoms with Crippen LogP contribution in [0.15, 0.2) is 0 Å². The average Bonchev–Trinajstić information content (AvgIpc) is 2.25. The second-order valence-electron chi connectivity index (χ2n) is 4.51. The van der Waals surface area contributed by atoms with Gasteiger partial charge in [-0.1, -0.05) is 13.8 Å². The lowest BCUT2D eigenvalue weighted by Crippen LogP contribution is -2.39. The van der Waals surface area contributed by atoms with Gasteiger partial charge in [0, 0.05) is 6.42 Å². The topological polar surface area (TPSA) is 75.6 Å². The molecule has 1 atom stereocenters. The van der Waals surface area contributed by atoms with Gasteiger partial charge in [-0.25, -0.2) is 0 Å². The maximum absolute atomic E-state index is 11.4. The van der Waals surface area contributed by atoms with Gasteiger partial charge in [0.05, 0.1) is 7.11 Å². The number of carboxylic acids is 1. The molecular weight excluding hydrogens is 222 g/mol. The Kier molecular flexibility index (Phi) is 8.40. The minimum absolute atomic E-state index is 0.175. The Morgan fingerprint density at radius 1 is 1.29 bits per heavy atom. The summed E-state index contributed by atoms with van der Waals surface area (Å²) in [5, 5.41) is 11.6. The summed E-state index contributed by atoms with van der Waals surface area (Å²) in [5.41, 5.74) is 0. The highest BCUT2D eigenvalue weighted by molar-refractivity contribution is 5.75. The molecule has 0 radical (unpaired) electrons. The van der Waals surface area contributed by atoms with Gasteiger partial charge in [-0.2, -0.15) is 0 Å². The molecule has 0 saturated heterocycles. The molecule has 0 aromatic rings. The van der Waals surface area contributed by atoms with Crippen LogP contribution in [0.3, 0.4) is 0 Å². The Balaban J connectivity index is 3.83. The zero-order chi connectivity index (χ0) is 13.3. The lowest BCUT2D eigenvalue weighted by molar-refractivity contribution is -0.143. The van der Waals surface area contributed by atoms with Crippen LogP contribution >= 0.6 is 0 Å². The first kappa shape index (κ1) is 15.9. The van der Waals surface area contributed by atoms with Crippen LogP contribution < -0.4 is 5.32 Å². The van der Waals surface area contributed by atoms with Crippen molar-refractivity contribution < 1.29 is 19.4 Å². The van der Waals surface area contributed by atoms with Gasteiger partial charge in [-0.15, -0.1) is 0 Å². The van der Waals surface area contributed by atoms with E-state index in [9.17, 15) is 9.59 Å². The standard InChI is InChI=1S/C12H23NO4/c1-9(2)8-10(12(16)17-3)13-7-5-4-6-11(14)15/h9-10,13H,4-8H2,1-3H3,(H,14,15). The van der Waals surface area contributed by atoms with Gasteiger partial charge in [-0.3, -0.25) is 9.59 Å². The van der Waals surface area contributed by atoms with E-state index >= 15 is 0 Å². The number of nitrogens with one attached hydrogen (secondary N) is 1. The Labute approximate surface area is 103 Å². The molecule has 0 aliphatic rings. The molecule has 1 unspecified atom stereocenters. The molecule has 0 rings (SSSR count). The Bertz CT molecular complexity index is 241. The maximum atomic E-state index is 11.4. The number of methoxy groups -OCH3 is 1. The lowest BCUT2D eigenvalue weighted by atomic mass is 10.0. The number of esters is 1. The van der Waals surface area contributed by atoms with Crippen LogP contribution in [0.2, 0.25) is 0 Å². The van der Waals surface area contributed by atoms with Crippen LogP contribution in [0.4, 0.5) is 0 Å². The van der Waals surface area contributed by atoms with Gasteiger partial charge in [0.1, 0.15) is 6.04 Å². The molecule has 0 aromatic heterocycles. The van der Waals surface area contributed by atoms with Gasteiger partial charge >= 0.3 is 11.9 Å². The van der Waals surface area contributed by atoms with Crippen molar-refractivity contribution in [3.63, 3.8) is 0 Å². The molecular formula is C12H23NO4. The number of unbranched alkanes of at least 4 members (excludes halogenated alkanes) is 1. The van der Waals surface area contributed by atoms with Crippen LogP contribution in [-0.4, -0.2) is 36.7 Å². The summed E-state index contributed by atoms with van der Waals surface area (Å²) in [6.07, 6.45) is 2.27. The molecule has 0 heterocycles. The van der Waals surface area contributed by atoms with Gasteiger partial charge in [0.2, 0.25) is 0 Å². The summed E-state index contributed by atoms with van der Waals surface area (Å²) >= 11 is 0. The van der Waals surface area contributed by atoms with E-state index in [2.05, 4.69) is 5.32 Å². The molecule has 0 aliphatic carbocycles. The number of aliphatic carboxylic acids is 1. The highest BCUT2D eigenvalue weighted by Crippen LogP contribution is 2.06. The molecule has 17 heavy (non-hydrogen) atoms. The fourth-order valence-electron chi connectivity index (χ4n) is 1.55. The molecule has 2 N–H and O–H groups in total. The SMILES string of the molecule is COC(=O)C(CC(C)C)NCCCCC(=O)O. The smallest absolute Gasteiger partial charge is 0.322 e. The summed E-state index contributed by atoms with van der Waals surface area (Å²) < 4.78 is 4.71. The quantitative estimate of drug-likeness (QED) is 0.474. The van der Waals surface area contributed by atoms with E-state index in [-0.39, 0.29) is 18.4 Å². The van der Waals surface area contributed by atoms with Gasteiger partial charge < -0.3 is 15.2 Å². The van der Waals surface area contributed by atoms with Gasteiger partial charge in [-0.05, 0) is 31.7 Å². The fraction of sp³-hybridized carbons (Fsp3) is 0.833. The Morgan fingerprint density at radius 3 is 2.41 bits per heavy atom. The van der Waals surface area contributed by atoms with Crippen LogP contribution in [0.1, 0.15) is 39.5 Å². The predicted molar refractivity (Wildman–Crippen MR) is 64.7 cm³/mol. The van der Waals surface area contributed by atoms with E-state index in [0.717, 1.165) is 12.8 Å². The molecule has 0 bridgehead atoms. The van der Waals surface area contributed by atoms with Crippen molar-refractivity contribution in [2.45, 2.75) is 45.6 Å². The van der Waals surface area contributed by atoms with E-state index in [1.807, 2.05) is 13.8 Å². The van der Waals surface area contributed by atoms with Crippen molar-refractivity contribution in [3.8, 4) is 0 Å². The molecule has 100 valence electrons. The number of rotatable bonds is 9. The third-order valence-corrected chi connectivity index (χ3v) is 2.40. The molecule has 0 spiro atoms. The minimum Gasteiger partial charge on any atom is -0.481 e. The number of carbonyl (C=O) groups excluding carboxylic acids is 1. The number of ether oxygens (including phenoxy) is 1. The third-order valence-electron chi connectivity index (χ3n) is 2.40. The molecule has 0 aliphatic heterocycles. The van der Waals surface area contributed by atoms with Gasteiger partial charge in [0.15, 0.2) is 0 Å². The van der Waals surface area contributed by atoms with Crippen LogP contribution in [-0.2, 0) is 14.3 Å². The third kappa shape index (κ3) is 8.68. The van der Waals surface area contributed by atoms with E-state index in [1.54, 1.807) is 0 Å². The molecule has 5 nitrogen and oxygen atoms in total. The summed E-state index contributed by atoms with van der Waals surface area (Å²) in [6.45, 7) is 4.73. The van der Waals surface area contributed by atoms with E-state index in [0.29, 0.717) is 18.9 Å². The number of hydrogen-bond donors (Lipinski definition) is 2. The summed E-state index contributed by atoms with van der Waals surface area (Å²) in [7, 11) is 1.38. The highest BCUT2D eigenvalue weighted by Gasteiger charge is 2.19. The van der Waals surface area contributed by atoms with E-state index in [4.69, 9.17) is 9.84 Å². The van der Waals surface area contributed by atoms with Crippen molar-refractivity contribution in [3.05, 3.63) is 0 Å². The van der Waals surface area contributed by atoms with Crippen molar-refractivity contribution in [2.75, 3.05) is 13.7 Å². The summed E-state index contributed by atoms with van der Waals surface area (Å²) in [5.74, 6) is -0.626. The number of carbonyl (C=O) groups is 2. The molecule has 0 saturated carbocycles. The fourth-order valence-corrected chi connectivity index (χ4v) is 1.55. The molecule has 0 aromatic carbocycles. The largest absolute Gasteiger partial charge is 0.481 e. The molecule has 0 amide bonds. The zero-order valence-corrected chi connectivity index (χ0v) is 10.9. The second kappa shape index (κ2) is 8.98. The summed E-state index contributed by atoms with van der Waals surface area (Å²) in [6, 6.07) is -0.287. The van der Waals surface area contributed by atoms with E-state index in [1.165, 1.54) is 7.11 Å². The molecule has 0 fully saturated rings. The average molecular weight is 245 g/mol. The lowest BCUT2D eigenvalue weighted by Gasteiger charge is -2.18. The van der Waals surface area contributed by atoms with Crippen molar-refractivity contribution >= 4 is 11.9 Å². The normalized spacial score (nSPS) is 12.5. The predicted octanol–water partition coefficient (Wildman–Crippen LogP) is 1.42. The Hall–Kier alpha value is -1.10. The highest BCUT2D eigenvalue weighted by atomic mass is 16.5. The summed E-state index contributed by atoms with van der Waals surface area (Å²) in [4.78, 5) is 21.7. The van der Waals surface area contributed by atoms with Crippen LogP contribution in [0, 0.1) is 5.92 Å². The minimum atomic E-state index is -0.781. The van der Waals surface area contributed by atoms with Crippen molar-refractivity contribution in [2.24, 2.45) is 5.92 Å². The van der Waals surface area contributed by atoms with Crippen molar-refractivity contribution in [1.82, 2.24) is 5.32 Å². The van der Waals surface area contributed by atoms with Crippen molar-refractivity contribution in [1.29, 1.82) is 0 Å². The maximum Gasteiger partial charge on any atom is 0.322 e. The molecule has 5 heteroatoms. The van der Waals surface area contributed by atoms with Crippen LogP contribution in [0.25, 0.3) is 0 Å². The Morgan fingerprint density at radius 2 is 1.94 bits per heavy atom. The first-order chi connectivity index (χ1) is 7.97. The van der Waals surface area contributed by atoms with Crippen LogP contribution in [0.5, 0.6) is 0 Å². The first-order valence-electron chi connectivity index (χ1n) is 6.00. The second-order valence-corrected chi connectivity index (χ2v) is 4.51. The number of hydrogen-bond acceptors (Lipinski definition) is 4. The van der Waals surface area contributed by atoms with E-state index < -0.39 is 5.97 Å². The zero-order valence-electron chi connectivity index (χ0n) is 10.9. The monoisotopic (exact) mass is 245 g/mol.